The Morgan fingerprint density at radius 3 is 2.24 bits per heavy atom. The summed E-state index contributed by atoms with van der Waals surface area (Å²) >= 11 is 0. The van der Waals surface area contributed by atoms with Crippen molar-refractivity contribution in [2.75, 3.05) is 0 Å². The quantitative estimate of drug-likeness (QED) is 0.864. The maximum Gasteiger partial charge on any atom is 0.307 e. The average molecular weight is 276 g/mol. The summed E-state index contributed by atoms with van der Waals surface area (Å²) in [6, 6.07) is 17.1. The van der Waals surface area contributed by atoms with Crippen molar-refractivity contribution in [2.45, 2.75) is 24.2 Å². The van der Waals surface area contributed by atoms with Gasteiger partial charge in [0.2, 0.25) is 0 Å². The number of hydrogen-bond donors (Lipinski definition) is 1. The van der Waals surface area contributed by atoms with Gasteiger partial charge in [-0.1, -0.05) is 60.7 Å². The summed E-state index contributed by atoms with van der Waals surface area (Å²) in [4.78, 5) is 10.8. The van der Waals surface area contributed by atoms with Crippen molar-refractivity contribution in [3.05, 3.63) is 82.9 Å². The third kappa shape index (κ3) is 1.62. The molecule has 1 N–H and O–H groups in total. The van der Waals surface area contributed by atoms with Crippen molar-refractivity contribution in [3.63, 3.8) is 0 Å². The highest BCUT2D eigenvalue weighted by molar-refractivity contribution is 5.70. The van der Waals surface area contributed by atoms with E-state index in [0.717, 1.165) is 6.42 Å². The largest absolute Gasteiger partial charge is 0.481 e. The molecule has 0 spiro atoms. The lowest BCUT2D eigenvalue weighted by molar-refractivity contribution is -0.136. The van der Waals surface area contributed by atoms with Gasteiger partial charge in [-0.25, -0.2) is 0 Å². The number of allylic oxidation sites excluding steroid dienone is 1. The number of benzene rings is 2. The smallest absolute Gasteiger partial charge is 0.307 e. The van der Waals surface area contributed by atoms with Gasteiger partial charge in [0.05, 0.1) is 6.42 Å². The van der Waals surface area contributed by atoms with Crippen LogP contribution in [0.2, 0.25) is 0 Å². The van der Waals surface area contributed by atoms with Crippen LogP contribution in [0.15, 0.2) is 60.7 Å². The second kappa shape index (κ2) is 4.32. The van der Waals surface area contributed by atoms with Crippen LogP contribution in [0.1, 0.15) is 41.0 Å². The van der Waals surface area contributed by atoms with Gasteiger partial charge in [-0.3, -0.25) is 4.79 Å². The van der Waals surface area contributed by atoms with E-state index < -0.39 is 5.97 Å². The topological polar surface area (TPSA) is 37.3 Å². The van der Waals surface area contributed by atoms with Gasteiger partial charge in [0.15, 0.2) is 0 Å². The van der Waals surface area contributed by atoms with Gasteiger partial charge in [0.1, 0.15) is 0 Å². The molecule has 0 aromatic heterocycles. The van der Waals surface area contributed by atoms with Crippen molar-refractivity contribution < 1.29 is 9.90 Å². The minimum Gasteiger partial charge on any atom is -0.481 e. The third-order valence-electron chi connectivity index (χ3n) is 4.85. The molecule has 0 fully saturated rings. The fourth-order valence-electron chi connectivity index (χ4n) is 4.10. The molecular formula is C19H16O2. The van der Waals surface area contributed by atoms with Gasteiger partial charge in [0, 0.05) is 11.3 Å². The zero-order valence-electron chi connectivity index (χ0n) is 11.6. The molecule has 0 amide bonds. The van der Waals surface area contributed by atoms with Gasteiger partial charge < -0.3 is 5.11 Å². The molecule has 0 aliphatic heterocycles. The predicted molar refractivity (Wildman–Crippen MR) is 81.5 cm³/mol. The summed E-state index contributed by atoms with van der Waals surface area (Å²) in [6.45, 7) is 0. The molecule has 2 aromatic rings. The Hall–Kier alpha value is -2.35. The van der Waals surface area contributed by atoms with Gasteiger partial charge in [-0.2, -0.15) is 0 Å². The van der Waals surface area contributed by atoms with E-state index in [-0.39, 0.29) is 11.8 Å². The molecule has 0 unspecified atom stereocenters. The van der Waals surface area contributed by atoms with Gasteiger partial charge in [-0.15, -0.1) is 0 Å². The van der Waals surface area contributed by atoms with E-state index in [1.54, 1.807) is 0 Å². The van der Waals surface area contributed by atoms with Crippen molar-refractivity contribution >= 4 is 5.97 Å². The van der Waals surface area contributed by atoms with Crippen LogP contribution in [0.3, 0.4) is 0 Å². The first-order valence-electron chi connectivity index (χ1n) is 7.31. The maximum atomic E-state index is 10.8. The molecule has 2 aromatic carbocycles. The van der Waals surface area contributed by atoms with Crippen LogP contribution >= 0.6 is 0 Å². The Kier molecular flexibility index (Phi) is 2.55. The number of carboxylic acid groups (broad SMARTS) is 1. The number of carboxylic acids is 1. The van der Waals surface area contributed by atoms with Crippen LogP contribution in [-0.4, -0.2) is 11.1 Å². The Balaban J connectivity index is 1.90. The highest BCUT2D eigenvalue weighted by Gasteiger charge is 2.50. The lowest BCUT2D eigenvalue weighted by Crippen LogP contribution is -2.21. The first-order valence-corrected chi connectivity index (χ1v) is 7.31. The normalized spacial score (nSPS) is 25.0. The second-order valence-corrected chi connectivity index (χ2v) is 5.90. The summed E-state index contributed by atoms with van der Waals surface area (Å²) in [5.74, 6) is -0.330. The summed E-state index contributed by atoms with van der Waals surface area (Å²) in [6.07, 6.45) is 5.04. The first kappa shape index (κ1) is 12.4. The number of rotatable bonds is 3. The highest BCUT2D eigenvalue weighted by atomic mass is 16.4. The Bertz CT molecular complexity index is 710. The molecule has 2 nitrogen and oxygen atoms in total. The minimum atomic E-state index is -0.781. The SMILES string of the molecule is O=C(O)CC=CC12CC(c3ccccc31)c1ccccc12. The van der Waals surface area contributed by atoms with E-state index in [2.05, 4.69) is 54.6 Å². The summed E-state index contributed by atoms with van der Waals surface area (Å²) < 4.78 is 0. The van der Waals surface area contributed by atoms with Crippen LogP contribution < -0.4 is 0 Å². The molecule has 2 bridgehead atoms. The molecule has 104 valence electrons. The van der Waals surface area contributed by atoms with E-state index in [4.69, 9.17) is 5.11 Å². The summed E-state index contributed by atoms with van der Waals surface area (Å²) in [5, 5.41) is 8.89. The van der Waals surface area contributed by atoms with Gasteiger partial charge >= 0.3 is 5.97 Å². The highest BCUT2D eigenvalue weighted by Crippen LogP contribution is 2.60. The molecule has 0 atom stereocenters. The molecule has 0 saturated heterocycles. The molecule has 0 heterocycles. The zero-order valence-corrected chi connectivity index (χ0v) is 11.6. The third-order valence-corrected chi connectivity index (χ3v) is 4.85. The Morgan fingerprint density at radius 1 is 1.10 bits per heavy atom. The predicted octanol–water partition coefficient (Wildman–Crippen LogP) is 3.85. The number of fused-ring (bicyclic) bond motifs is 8. The van der Waals surface area contributed by atoms with E-state index in [0.29, 0.717) is 5.92 Å². The summed E-state index contributed by atoms with van der Waals surface area (Å²) in [7, 11) is 0. The Labute approximate surface area is 123 Å². The molecule has 2 heteroatoms. The standard InChI is InChI=1S/C19H16O2/c20-18(21)10-5-11-19-12-15(13-6-1-3-8-16(13)19)14-7-2-4-9-17(14)19/h1-9,11,15H,10,12H2,(H,20,21). The van der Waals surface area contributed by atoms with Crippen molar-refractivity contribution in [1.29, 1.82) is 0 Å². The van der Waals surface area contributed by atoms with Crippen LogP contribution in [0, 0.1) is 0 Å². The minimum absolute atomic E-state index is 0.0801. The zero-order chi connectivity index (χ0) is 14.4. The molecule has 2 aliphatic carbocycles. The van der Waals surface area contributed by atoms with Crippen molar-refractivity contribution in [3.8, 4) is 0 Å². The average Bonchev–Trinajstić information content (AvgIpc) is 3.00. The van der Waals surface area contributed by atoms with Crippen LogP contribution in [0.25, 0.3) is 0 Å². The van der Waals surface area contributed by atoms with Gasteiger partial charge in [-0.05, 0) is 28.7 Å². The monoisotopic (exact) mass is 276 g/mol. The van der Waals surface area contributed by atoms with E-state index in [9.17, 15) is 4.79 Å². The molecular weight excluding hydrogens is 260 g/mol. The van der Waals surface area contributed by atoms with Crippen LogP contribution in [-0.2, 0) is 10.2 Å². The molecule has 21 heavy (non-hydrogen) atoms. The number of aliphatic carboxylic acids is 1. The van der Waals surface area contributed by atoms with E-state index >= 15 is 0 Å². The lowest BCUT2D eigenvalue weighted by atomic mass is 9.75. The molecule has 0 saturated carbocycles. The summed E-state index contributed by atoms with van der Waals surface area (Å²) in [5.41, 5.74) is 5.35. The van der Waals surface area contributed by atoms with Crippen LogP contribution in [0.5, 0.6) is 0 Å². The fourth-order valence-corrected chi connectivity index (χ4v) is 4.10. The molecule has 0 radical (unpaired) electrons. The first-order chi connectivity index (χ1) is 10.2. The lowest BCUT2D eigenvalue weighted by Gasteiger charge is -2.28. The molecule has 4 rings (SSSR count). The second-order valence-electron chi connectivity index (χ2n) is 5.90. The fraction of sp³-hybridized carbons (Fsp3) is 0.211. The van der Waals surface area contributed by atoms with Crippen molar-refractivity contribution in [2.24, 2.45) is 0 Å². The van der Waals surface area contributed by atoms with Crippen molar-refractivity contribution in [1.82, 2.24) is 0 Å². The van der Waals surface area contributed by atoms with E-state index in [1.165, 1.54) is 22.3 Å². The van der Waals surface area contributed by atoms with Gasteiger partial charge in [0.25, 0.3) is 0 Å². The van der Waals surface area contributed by atoms with E-state index in [1.807, 2.05) is 6.08 Å². The van der Waals surface area contributed by atoms with Crippen LogP contribution in [0.4, 0.5) is 0 Å². The maximum absolute atomic E-state index is 10.8. The number of hydrogen-bond acceptors (Lipinski definition) is 1. The Morgan fingerprint density at radius 2 is 1.67 bits per heavy atom. The number of carbonyl (C=O) groups is 1. The molecule has 2 aliphatic rings.